The number of carbonyl (C=O) groups is 2. The first-order chi connectivity index (χ1) is 22.0. The van der Waals surface area contributed by atoms with Crippen molar-refractivity contribution in [3.63, 3.8) is 0 Å². The molecular formula is C40H80O4Sn. The summed E-state index contributed by atoms with van der Waals surface area (Å²) in [5, 5.41) is 8.80. The molecule has 0 saturated heterocycles. The average Bonchev–Trinajstić information content (AvgIpc) is 3.02. The van der Waals surface area contributed by atoms with Gasteiger partial charge in [-0.1, -0.05) is 6.92 Å². The molecule has 0 unspecified atom stereocenters. The number of carboxylic acid groups (broad SMARTS) is 1. The van der Waals surface area contributed by atoms with Crippen LogP contribution in [0, 0.1) is 0 Å². The normalized spacial score (nSPS) is 11.7. The summed E-state index contributed by atoms with van der Waals surface area (Å²) in [6.07, 6.45) is 39.1. The Bertz CT molecular complexity index is 622. The second-order valence-electron chi connectivity index (χ2n) is 14.3. The molecule has 0 atom stereocenters. The predicted molar refractivity (Wildman–Crippen MR) is 199 cm³/mol. The molecule has 4 nitrogen and oxygen atoms in total. The second kappa shape index (κ2) is 35.1. The molecule has 0 rings (SSSR count). The first-order valence-electron chi connectivity index (χ1n) is 20.4. The Labute approximate surface area is 286 Å². The van der Waals surface area contributed by atoms with Crippen LogP contribution in [0.1, 0.15) is 226 Å². The monoisotopic (exact) mass is 745 g/mol. The van der Waals surface area contributed by atoms with Crippen LogP contribution in [0.3, 0.4) is 0 Å². The second-order valence-corrected chi connectivity index (χ2v) is 26.0. The van der Waals surface area contributed by atoms with Crippen molar-refractivity contribution < 1.29 is 17.8 Å². The van der Waals surface area contributed by atoms with E-state index in [1.165, 1.54) is 180 Å². The van der Waals surface area contributed by atoms with Crippen LogP contribution < -0.4 is 0 Å². The van der Waals surface area contributed by atoms with Crippen molar-refractivity contribution in [1.82, 2.24) is 0 Å². The maximum absolute atomic E-state index is 13.3. The van der Waals surface area contributed by atoms with E-state index in [0.29, 0.717) is 12.8 Å². The molecule has 0 amide bonds. The molecule has 268 valence electrons. The van der Waals surface area contributed by atoms with Crippen molar-refractivity contribution in [3.8, 4) is 0 Å². The van der Waals surface area contributed by atoms with E-state index < -0.39 is 24.8 Å². The van der Waals surface area contributed by atoms with E-state index in [2.05, 4.69) is 20.8 Å². The number of carbonyl (C=O) groups excluding carboxylic acids is 1. The van der Waals surface area contributed by atoms with Gasteiger partial charge < -0.3 is 5.11 Å². The quantitative estimate of drug-likeness (QED) is 0.0508. The van der Waals surface area contributed by atoms with Crippen molar-refractivity contribution in [2.45, 2.75) is 240 Å². The van der Waals surface area contributed by atoms with Gasteiger partial charge in [0.1, 0.15) is 0 Å². The Kier molecular flexibility index (Phi) is 34.9. The molecular weight excluding hydrogens is 663 g/mol. The summed E-state index contributed by atoms with van der Waals surface area (Å²) < 4.78 is 10.6. The fraction of sp³-hybridized carbons (Fsp3) is 0.950. The smallest absolute Gasteiger partial charge is 0.481 e. The summed E-state index contributed by atoms with van der Waals surface area (Å²) in [4.78, 5) is 24.0. The minimum Gasteiger partial charge on any atom is -0.481 e. The van der Waals surface area contributed by atoms with Gasteiger partial charge in [-0.05, 0) is 0 Å². The van der Waals surface area contributed by atoms with Gasteiger partial charge in [-0.15, -0.1) is 0 Å². The molecule has 0 aliphatic carbocycles. The summed E-state index contributed by atoms with van der Waals surface area (Å²) in [7, 11) is 0. The number of aliphatic carboxylic acids is 1. The van der Waals surface area contributed by atoms with Crippen LogP contribution in [-0.2, 0) is 12.7 Å². The predicted octanol–water partition coefficient (Wildman–Crippen LogP) is 14.1. The van der Waals surface area contributed by atoms with Crippen molar-refractivity contribution in [1.29, 1.82) is 0 Å². The zero-order valence-corrected chi connectivity index (χ0v) is 33.8. The van der Waals surface area contributed by atoms with Crippen LogP contribution in [0.2, 0.25) is 13.3 Å². The topological polar surface area (TPSA) is 63.6 Å². The Morgan fingerprint density at radius 1 is 0.400 bits per heavy atom. The van der Waals surface area contributed by atoms with Gasteiger partial charge in [0, 0.05) is 0 Å². The first kappa shape index (κ1) is 44.7. The average molecular weight is 744 g/mol. The van der Waals surface area contributed by atoms with E-state index in [0.717, 1.165) is 25.7 Å². The van der Waals surface area contributed by atoms with E-state index in [9.17, 15) is 9.59 Å². The van der Waals surface area contributed by atoms with Gasteiger partial charge in [-0.3, -0.25) is 4.79 Å². The standard InChI is InChI=1S/C12H24O2.C12H23O2.2C8H17.Sn/c2*1-2-3-4-5-6-7-8-9-10-11-12(13)14;2*1-3-5-7-8-6-4-2;/h2-11H2,1H3,(H,13,14);1-11H2,(H,13,14);2*1,3-8H2,2H3;/q;;;;+1/p-1. The molecule has 0 aromatic heterocycles. The third kappa shape index (κ3) is 32.1. The van der Waals surface area contributed by atoms with E-state index in [1.54, 1.807) is 0 Å². The summed E-state index contributed by atoms with van der Waals surface area (Å²) in [6.45, 7) is 6.85. The SMILES string of the molecule is CCCCCCCCCCCC(=O)[O][Sn]([CH2]CCCCCCC)([CH2]CCCCCCC)[CH2]CCCCCCCCCCC(=O)O. The summed E-state index contributed by atoms with van der Waals surface area (Å²) in [5.41, 5.74) is 0. The van der Waals surface area contributed by atoms with Crippen molar-refractivity contribution in [3.05, 3.63) is 0 Å². The van der Waals surface area contributed by atoms with E-state index in [4.69, 9.17) is 8.18 Å². The van der Waals surface area contributed by atoms with Crippen LogP contribution in [0.25, 0.3) is 0 Å². The van der Waals surface area contributed by atoms with E-state index >= 15 is 0 Å². The first-order valence-corrected chi connectivity index (χ1v) is 27.6. The minimum atomic E-state index is -3.03. The molecule has 0 fully saturated rings. The van der Waals surface area contributed by atoms with Gasteiger partial charge >= 0.3 is 271 Å². The molecule has 0 saturated carbocycles. The van der Waals surface area contributed by atoms with Gasteiger partial charge in [0.15, 0.2) is 0 Å². The molecule has 5 heteroatoms. The third-order valence-electron chi connectivity index (χ3n) is 9.81. The molecule has 0 aliphatic rings. The van der Waals surface area contributed by atoms with Crippen molar-refractivity contribution >= 4 is 30.7 Å². The van der Waals surface area contributed by atoms with Crippen LogP contribution in [0.5, 0.6) is 0 Å². The van der Waals surface area contributed by atoms with Gasteiger partial charge in [-0.2, -0.15) is 0 Å². The number of unbranched alkanes of at least 4 members (excludes halogenated alkanes) is 26. The fourth-order valence-electron chi connectivity index (χ4n) is 6.82. The van der Waals surface area contributed by atoms with E-state index in [-0.39, 0.29) is 5.97 Å². The van der Waals surface area contributed by atoms with Crippen molar-refractivity contribution in [2.24, 2.45) is 0 Å². The molecule has 0 aromatic carbocycles. The van der Waals surface area contributed by atoms with Crippen LogP contribution >= 0.6 is 0 Å². The molecule has 1 N–H and O–H groups in total. The number of hydrogen-bond acceptors (Lipinski definition) is 3. The number of hydrogen-bond donors (Lipinski definition) is 1. The molecule has 0 aliphatic heterocycles. The Morgan fingerprint density at radius 3 is 0.978 bits per heavy atom. The molecule has 0 radical (unpaired) electrons. The van der Waals surface area contributed by atoms with E-state index in [1.807, 2.05) is 0 Å². The zero-order chi connectivity index (χ0) is 33.1. The van der Waals surface area contributed by atoms with Crippen LogP contribution in [0.15, 0.2) is 0 Å². The Hall–Kier alpha value is -0.261. The molecule has 0 spiro atoms. The van der Waals surface area contributed by atoms with Gasteiger partial charge in [0.2, 0.25) is 0 Å². The van der Waals surface area contributed by atoms with Gasteiger partial charge in [-0.25, -0.2) is 0 Å². The van der Waals surface area contributed by atoms with Crippen molar-refractivity contribution in [2.75, 3.05) is 0 Å². The molecule has 0 aromatic rings. The molecule has 45 heavy (non-hydrogen) atoms. The van der Waals surface area contributed by atoms with Gasteiger partial charge in [0.25, 0.3) is 0 Å². The fourth-order valence-corrected chi connectivity index (χ4v) is 19.2. The molecule has 0 bridgehead atoms. The Morgan fingerprint density at radius 2 is 0.667 bits per heavy atom. The third-order valence-corrected chi connectivity index (χ3v) is 22.5. The number of carboxylic acids is 1. The van der Waals surface area contributed by atoms with Crippen LogP contribution in [-0.4, -0.2) is 35.8 Å². The van der Waals surface area contributed by atoms with Crippen LogP contribution in [0.4, 0.5) is 0 Å². The van der Waals surface area contributed by atoms with Gasteiger partial charge in [0.05, 0.1) is 0 Å². The maximum atomic E-state index is 13.3. The summed E-state index contributed by atoms with van der Waals surface area (Å²) >= 11 is -3.03. The minimum absolute atomic E-state index is 0.161. The Balaban J connectivity index is 4.86. The summed E-state index contributed by atoms with van der Waals surface area (Å²) in [5.74, 6) is -0.507. The zero-order valence-electron chi connectivity index (χ0n) is 30.9. The summed E-state index contributed by atoms with van der Waals surface area (Å²) in [6, 6.07) is 0. The molecule has 0 heterocycles. The number of rotatable bonds is 37.